The lowest BCUT2D eigenvalue weighted by molar-refractivity contribution is 0.233. The summed E-state index contributed by atoms with van der Waals surface area (Å²) in [6, 6.07) is 8.69. The Morgan fingerprint density at radius 3 is 2.56 bits per heavy atom. The summed E-state index contributed by atoms with van der Waals surface area (Å²) in [6.45, 7) is 3.32. The van der Waals surface area contributed by atoms with Crippen LogP contribution >= 0.6 is 0 Å². The first-order valence-corrected chi connectivity index (χ1v) is 7.02. The maximum atomic E-state index is 6.33. The van der Waals surface area contributed by atoms with Gasteiger partial charge in [-0.05, 0) is 37.8 Å². The molecular weight excluding hydrogens is 222 g/mol. The van der Waals surface area contributed by atoms with E-state index in [1.54, 1.807) is 0 Å². The smallest absolute Gasteiger partial charge is 0.0604 e. The van der Waals surface area contributed by atoms with Gasteiger partial charge in [-0.2, -0.15) is 0 Å². The molecule has 1 aromatic rings. The molecule has 3 heteroatoms. The van der Waals surface area contributed by atoms with Gasteiger partial charge in [0.25, 0.3) is 0 Å². The van der Waals surface area contributed by atoms with Crippen LogP contribution in [0.25, 0.3) is 0 Å². The Morgan fingerprint density at radius 1 is 1.17 bits per heavy atom. The van der Waals surface area contributed by atoms with E-state index in [0.717, 1.165) is 26.1 Å². The third-order valence-corrected chi connectivity index (χ3v) is 4.57. The molecule has 0 saturated heterocycles. The summed E-state index contributed by atoms with van der Waals surface area (Å²) in [4.78, 5) is 4.84. The summed E-state index contributed by atoms with van der Waals surface area (Å²) in [5.74, 6) is 0. The van der Waals surface area contributed by atoms with Crippen LogP contribution in [0.5, 0.6) is 0 Å². The van der Waals surface area contributed by atoms with E-state index in [-0.39, 0.29) is 5.54 Å². The lowest BCUT2D eigenvalue weighted by Crippen LogP contribution is -2.50. The SMILES string of the molecule is CN1CCN(CCC2(N)CCC2)c2ccccc21. The van der Waals surface area contributed by atoms with E-state index < -0.39 is 0 Å². The second kappa shape index (κ2) is 4.47. The minimum atomic E-state index is 0.137. The van der Waals surface area contributed by atoms with Gasteiger partial charge < -0.3 is 15.5 Å². The van der Waals surface area contributed by atoms with Gasteiger partial charge in [0.15, 0.2) is 0 Å². The Hall–Kier alpha value is -1.22. The van der Waals surface area contributed by atoms with Crippen molar-refractivity contribution in [1.29, 1.82) is 0 Å². The Labute approximate surface area is 110 Å². The zero-order chi connectivity index (χ0) is 12.6. The molecule has 0 spiro atoms. The van der Waals surface area contributed by atoms with Crippen molar-refractivity contribution in [3.05, 3.63) is 24.3 Å². The number of rotatable bonds is 3. The van der Waals surface area contributed by atoms with Gasteiger partial charge in [-0.25, -0.2) is 0 Å². The van der Waals surface area contributed by atoms with E-state index in [2.05, 4.69) is 41.1 Å². The Kier molecular flexibility index (Phi) is 2.94. The van der Waals surface area contributed by atoms with Gasteiger partial charge in [0.1, 0.15) is 0 Å². The Balaban J connectivity index is 1.72. The highest BCUT2D eigenvalue weighted by molar-refractivity contribution is 5.73. The Bertz CT molecular complexity index is 426. The fourth-order valence-corrected chi connectivity index (χ4v) is 3.04. The number of nitrogens with zero attached hydrogens (tertiary/aromatic N) is 2. The molecule has 1 heterocycles. The molecule has 0 radical (unpaired) electrons. The van der Waals surface area contributed by atoms with Crippen molar-refractivity contribution in [2.45, 2.75) is 31.2 Å². The van der Waals surface area contributed by atoms with Crippen LogP contribution in [0.15, 0.2) is 24.3 Å². The molecule has 2 aliphatic rings. The lowest BCUT2D eigenvalue weighted by Gasteiger charge is -2.42. The number of anilines is 2. The van der Waals surface area contributed by atoms with Crippen LogP contribution in [0, 0.1) is 0 Å². The molecule has 1 aliphatic heterocycles. The molecule has 0 amide bonds. The fraction of sp³-hybridized carbons (Fsp3) is 0.600. The van der Waals surface area contributed by atoms with E-state index >= 15 is 0 Å². The number of hydrogen-bond acceptors (Lipinski definition) is 3. The van der Waals surface area contributed by atoms with Crippen molar-refractivity contribution >= 4 is 11.4 Å². The van der Waals surface area contributed by atoms with Crippen LogP contribution in [0.3, 0.4) is 0 Å². The number of fused-ring (bicyclic) bond motifs is 1. The van der Waals surface area contributed by atoms with Crippen LogP contribution < -0.4 is 15.5 Å². The van der Waals surface area contributed by atoms with Gasteiger partial charge in [0, 0.05) is 32.2 Å². The highest BCUT2D eigenvalue weighted by Crippen LogP contribution is 2.35. The maximum absolute atomic E-state index is 6.33. The lowest BCUT2D eigenvalue weighted by atomic mass is 9.75. The van der Waals surface area contributed by atoms with E-state index in [0.29, 0.717) is 0 Å². The standard InChI is InChI=1S/C15H23N3/c1-17-11-12-18(10-9-15(16)7-4-8-15)14-6-3-2-5-13(14)17/h2-3,5-6H,4,7-12,16H2,1H3. The van der Waals surface area contributed by atoms with Gasteiger partial charge in [-0.3, -0.25) is 0 Å². The normalized spacial score (nSPS) is 21.4. The van der Waals surface area contributed by atoms with E-state index in [9.17, 15) is 0 Å². The molecular formula is C15H23N3. The second-order valence-electron chi connectivity index (χ2n) is 5.86. The van der Waals surface area contributed by atoms with Crippen LogP contribution in [-0.2, 0) is 0 Å². The van der Waals surface area contributed by atoms with Crippen LogP contribution in [0.2, 0.25) is 0 Å². The molecule has 1 aromatic carbocycles. The largest absolute Gasteiger partial charge is 0.371 e. The van der Waals surface area contributed by atoms with Gasteiger partial charge >= 0.3 is 0 Å². The van der Waals surface area contributed by atoms with Gasteiger partial charge in [-0.15, -0.1) is 0 Å². The van der Waals surface area contributed by atoms with Gasteiger partial charge in [0.05, 0.1) is 11.4 Å². The molecule has 0 aromatic heterocycles. The summed E-state index contributed by atoms with van der Waals surface area (Å²) >= 11 is 0. The molecule has 18 heavy (non-hydrogen) atoms. The number of likely N-dealkylation sites (N-methyl/N-ethyl adjacent to an activating group) is 1. The summed E-state index contributed by atoms with van der Waals surface area (Å²) in [5.41, 5.74) is 9.19. The molecule has 3 nitrogen and oxygen atoms in total. The van der Waals surface area contributed by atoms with Crippen molar-refractivity contribution in [2.24, 2.45) is 5.73 Å². The maximum Gasteiger partial charge on any atom is 0.0604 e. The monoisotopic (exact) mass is 245 g/mol. The summed E-state index contributed by atoms with van der Waals surface area (Å²) in [6.07, 6.45) is 4.87. The fourth-order valence-electron chi connectivity index (χ4n) is 3.04. The van der Waals surface area contributed by atoms with E-state index in [4.69, 9.17) is 5.73 Å². The predicted molar refractivity (Wildman–Crippen MR) is 77.3 cm³/mol. The first-order chi connectivity index (χ1) is 8.68. The molecule has 1 fully saturated rings. The number of benzene rings is 1. The van der Waals surface area contributed by atoms with Crippen LogP contribution in [0.4, 0.5) is 11.4 Å². The number of hydrogen-bond donors (Lipinski definition) is 1. The predicted octanol–water partition coefficient (Wildman–Crippen LogP) is 2.21. The van der Waals surface area contributed by atoms with E-state index in [1.807, 2.05) is 0 Å². The number of para-hydroxylation sites is 2. The molecule has 0 bridgehead atoms. The first kappa shape index (κ1) is 11.8. The van der Waals surface area contributed by atoms with Crippen molar-refractivity contribution in [3.8, 4) is 0 Å². The van der Waals surface area contributed by atoms with Gasteiger partial charge in [-0.1, -0.05) is 12.1 Å². The minimum Gasteiger partial charge on any atom is -0.371 e. The molecule has 1 saturated carbocycles. The van der Waals surface area contributed by atoms with Crippen molar-refractivity contribution < 1.29 is 0 Å². The molecule has 1 aliphatic carbocycles. The summed E-state index contributed by atoms with van der Waals surface area (Å²) in [7, 11) is 2.17. The number of nitrogens with two attached hydrogens (primary N) is 1. The second-order valence-corrected chi connectivity index (χ2v) is 5.86. The van der Waals surface area contributed by atoms with Crippen molar-refractivity contribution in [1.82, 2.24) is 0 Å². The zero-order valence-electron chi connectivity index (χ0n) is 11.2. The highest BCUT2D eigenvalue weighted by atomic mass is 15.2. The molecule has 0 atom stereocenters. The molecule has 98 valence electrons. The molecule has 3 rings (SSSR count). The minimum absolute atomic E-state index is 0.137. The third-order valence-electron chi connectivity index (χ3n) is 4.57. The van der Waals surface area contributed by atoms with Crippen molar-refractivity contribution in [2.75, 3.05) is 36.5 Å². The first-order valence-electron chi connectivity index (χ1n) is 7.02. The quantitative estimate of drug-likeness (QED) is 0.886. The zero-order valence-corrected chi connectivity index (χ0v) is 11.2. The third kappa shape index (κ3) is 2.07. The van der Waals surface area contributed by atoms with E-state index in [1.165, 1.54) is 30.6 Å². The average molecular weight is 245 g/mol. The van der Waals surface area contributed by atoms with Crippen molar-refractivity contribution in [3.63, 3.8) is 0 Å². The Morgan fingerprint density at radius 2 is 1.89 bits per heavy atom. The highest BCUT2D eigenvalue weighted by Gasteiger charge is 2.33. The molecule has 2 N–H and O–H groups in total. The van der Waals surface area contributed by atoms with Crippen LogP contribution in [-0.4, -0.2) is 32.2 Å². The summed E-state index contributed by atoms with van der Waals surface area (Å²) in [5, 5.41) is 0. The molecule has 0 unspecified atom stereocenters. The summed E-state index contributed by atoms with van der Waals surface area (Å²) < 4.78 is 0. The topological polar surface area (TPSA) is 32.5 Å². The average Bonchev–Trinajstić information content (AvgIpc) is 2.36. The van der Waals surface area contributed by atoms with Gasteiger partial charge in [0.2, 0.25) is 0 Å². The van der Waals surface area contributed by atoms with Crippen LogP contribution in [0.1, 0.15) is 25.7 Å².